The molecule has 3 rings (SSSR count). The van der Waals surface area contributed by atoms with Gasteiger partial charge in [-0.05, 0) is 67.7 Å². The van der Waals surface area contributed by atoms with Crippen LogP contribution in [0, 0.1) is 5.92 Å². The van der Waals surface area contributed by atoms with Crippen molar-refractivity contribution >= 4 is 40.5 Å². The number of rotatable bonds is 11. The molecule has 3 atom stereocenters. The molecule has 1 aromatic heterocycles. The Morgan fingerprint density at radius 3 is 2.55 bits per heavy atom. The molecule has 1 aliphatic carbocycles. The zero-order valence-corrected chi connectivity index (χ0v) is 20.4. The van der Waals surface area contributed by atoms with Crippen LogP contribution in [0.15, 0.2) is 36.4 Å². The number of benzene rings is 1. The molecule has 2 aromatic rings. The van der Waals surface area contributed by atoms with E-state index in [1.165, 1.54) is 11.3 Å². The van der Waals surface area contributed by atoms with E-state index in [1.54, 1.807) is 6.07 Å². The van der Waals surface area contributed by atoms with Gasteiger partial charge in [0.1, 0.15) is 9.21 Å². The molecule has 0 saturated heterocycles. The van der Waals surface area contributed by atoms with Gasteiger partial charge in [-0.2, -0.15) is 0 Å². The molecule has 3 nitrogen and oxygen atoms in total. The highest BCUT2D eigenvalue weighted by atomic mass is 35.5. The normalized spacial score (nSPS) is 21.3. The summed E-state index contributed by atoms with van der Waals surface area (Å²) in [7, 11) is 0. The van der Waals surface area contributed by atoms with E-state index in [1.807, 2.05) is 18.2 Å². The quantitative estimate of drug-likeness (QED) is 0.254. The first-order chi connectivity index (χ1) is 14.8. The van der Waals surface area contributed by atoms with Crippen molar-refractivity contribution in [2.75, 3.05) is 0 Å². The fourth-order valence-corrected chi connectivity index (χ4v) is 6.43. The van der Waals surface area contributed by atoms with E-state index in [-0.39, 0.29) is 5.92 Å². The topological polar surface area (TPSA) is 57.5 Å². The summed E-state index contributed by atoms with van der Waals surface area (Å²) in [4.78, 5) is 12.6. The summed E-state index contributed by atoms with van der Waals surface area (Å²) in [5.74, 6) is -0.394. The Morgan fingerprint density at radius 2 is 1.90 bits per heavy atom. The van der Waals surface area contributed by atoms with Crippen molar-refractivity contribution in [2.24, 2.45) is 5.92 Å². The van der Waals surface area contributed by atoms with Crippen LogP contribution in [0.3, 0.4) is 0 Å². The SMILES string of the molecule is CCCCCC(O)c1ccc(C2[C@@H](CCCc3ccc(C(=O)O)s3)CCC2(Cl)Cl)cc1. The molecule has 1 aliphatic rings. The molecule has 1 fully saturated rings. The number of carboxylic acids is 1. The highest BCUT2D eigenvalue weighted by Crippen LogP contribution is 2.55. The Morgan fingerprint density at radius 1 is 1.16 bits per heavy atom. The minimum Gasteiger partial charge on any atom is -0.477 e. The largest absolute Gasteiger partial charge is 0.477 e. The smallest absolute Gasteiger partial charge is 0.345 e. The van der Waals surface area contributed by atoms with Gasteiger partial charge in [-0.3, -0.25) is 0 Å². The lowest BCUT2D eigenvalue weighted by atomic mass is 9.84. The van der Waals surface area contributed by atoms with Crippen molar-refractivity contribution in [3.63, 3.8) is 0 Å². The molecule has 1 saturated carbocycles. The van der Waals surface area contributed by atoms with Crippen LogP contribution >= 0.6 is 34.5 Å². The number of halogens is 2. The molecule has 0 amide bonds. The summed E-state index contributed by atoms with van der Waals surface area (Å²) in [6.07, 6.45) is 8.33. The number of hydrogen-bond donors (Lipinski definition) is 2. The highest BCUT2D eigenvalue weighted by Gasteiger charge is 2.46. The van der Waals surface area contributed by atoms with Gasteiger partial charge in [0.25, 0.3) is 0 Å². The first-order valence-corrected chi connectivity index (χ1v) is 12.9. The summed E-state index contributed by atoms with van der Waals surface area (Å²) in [6, 6.07) is 11.8. The lowest BCUT2D eigenvalue weighted by Gasteiger charge is -2.28. The van der Waals surface area contributed by atoms with E-state index in [9.17, 15) is 9.90 Å². The molecule has 170 valence electrons. The maximum atomic E-state index is 11.1. The van der Waals surface area contributed by atoms with Crippen LogP contribution in [0.4, 0.5) is 0 Å². The standard InChI is InChI=1S/C25H32Cl2O3S/c1-2-3-4-8-21(28)17-9-11-19(12-10-17)23-18(15-16-25(23,26)27)6-5-7-20-13-14-22(31-20)24(29)30/h9-14,18,21,23,28H,2-8,15-16H2,1H3,(H,29,30)/t18-,21?,23?/m0/s1. The number of thiophene rings is 1. The van der Waals surface area contributed by atoms with Gasteiger partial charge in [-0.15, -0.1) is 34.5 Å². The van der Waals surface area contributed by atoms with Crippen molar-refractivity contribution in [3.05, 3.63) is 57.3 Å². The predicted octanol–water partition coefficient (Wildman–Crippen LogP) is 7.75. The van der Waals surface area contributed by atoms with Crippen molar-refractivity contribution in [1.82, 2.24) is 0 Å². The number of unbranched alkanes of at least 4 members (excludes halogenated alkanes) is 2. The first kappa shape index (κ1) is 24.6. The predicted molar refractivity (Wildman–Crippen MR) is 130 cm³/mol. The van der Waals surface area contributed by atoms with E-state index in [2.05, 4.69) is 19.1 Å². The average molecular weight is 484 g/mol. The Hall–Kier alpha value is -1.07. The molecule has 0 spiro atoms. The number of hydrogen-bond acceptors (Lipinski definition) is 3. The highest BCUT2D eigenvalue weighted by molar-refractivity contribution is 7.13. The van der Waals surface area contributed by atoms with Crippen LogP contribution in [-0.2, 0) is 6.42 Å². The summed E-state index contributed by atoms with van der Waals surface area (Å²) >= 11 is 14.8. The molecular weight excluding hydrogens is 451 g/mol. The lowest BCUT2D eigenvalue weighted by Crippen LogP contribution is -2.21. The van der Waals surface area contributed by atoms with Crippen LogP contribution in [0.25, 0.3) is 0 Å². The number of aromatic carboxylic acids is 1. The third-order valence-corrected chi connectivity index (χ3v) is 8.39. The molecule has 1 aromatic carbocycles. The lowest BCUT2D eigenvalue weighted by molar-refractivity contribution is 0.0702. The molecule has 1 heterocycles. The van der Waals surface area contributed by atoms with Crippen LogP contribution in [0.5, 0.6) is 0 Å². The van der Waals surface area contributed by atoms with Crippen molar-refractivity contribution < 1.29 is 15.0 Å². The first-order valence-electron chi connectivity index (χ1n) is 11.3. The Kier molecular flexibility index (Phi) is 8.86. The molecule has 6 heteroatoms. The Balaban J connectivity index is 1.61. The monoisotopic (exact) mass is 482 g/mol. The molecular formula is C25H32Cl2O3S. The third-order valence-electron chi connectivity index (χ3n) is 6.41. The molecule has 31 heavy (non-hydrogen) atoms. The number of carboxylic acid groups (broad SMARTS) is 1. The number of aliphatic hydroxyl groups excluding tert-OH is 1. The van der Waals surface area contributed by atoms with Gasteiger partial charge in [0.2, 0.25) is 0 Å². The fraction of sp³-hybridized carbons (Fsp3) is 0.560. The van der Waals surface area contributed by atoms with E-state index >= 15 is 0 Å². The average Bonchev–Trinajstić information content (AvgIpc) is 3.33. The van der Waals surface area contributed by atoms with E-state index in [0.29, 0.717) is 10.8 Å². The van der Waals surface area contributed by atoms with Gasteiger partial charge in [-0.1, -0.05) is 50.5 Å². The van der Waals surface area contributed by atoms with E-state index < -0.39 is 16.4 Å². The molecule has 2 N–H and O–H groups in total. The maximum Gasteiger partial charge on any atom is 0.345 e. The molecule has 0 bridgehead atoms. The summed E-state index contributed by atoms with van der Waals surface area (Å²) in [6.45, 7) is 2.16. The van der Waals surface area contributed by atoms with Gasteiger partial charge in [0.05, 0.1) is 6.10 Å². The van der Waals surface area contributed by atoms with Crippen molar-refractivity contribution in [2.45, 2.75) is 81.1 Å². The van der Waals surface area contributed by atoms with Gasteiger partial charge in [0, 0.05) is 10.8 Å². The molecule has 2 unspecified atom stereocenters. The third kappa shape index (κ3) is 6.47. The minimum absolute atomic E-state index is 0.0695. The molecule has 0 aliphatic heterocycles. The van der Waals surface area contributed by atoms with Gasteiger partial charge in [-0.25, -0.2) is 4.79 Å². The number of alkyl halides is 2. The molecule has 0 radical (unpaired) electrons. The number of aliphatic hydroxyl groups is 1. The minimum atomic E-state index is -0.861. The van der Waals surface area contributed by atoms with Crippen molar-refractivity contribution in [1.29, 1.82) is 0 Å². The van der Waals surface area contributed by atoms with Crippen LogP contribution in [0.1, 0.15) is 96.0 Å². The van der Waals surface area contributed by atoms with E-state index in [4.69, 9.17) is 28.3 Å². The maximum absolute atomic E-state index is 11.1. The summed E-state index contributed by atoms with van der Waals surface area (Å²) < 4.78 is -0.772. The van der Waals surface area contributed by atoms with Gasteiger partial charge < -0.3 is 10.2 Å². The zero-order valence-electron chi connectivity index (χ0n) is 18.0. The second-order valence-corrected chi connectivity index (χ2v) is 11.4. The number of carbonyl (C=O) groups is 1. The summed E-state index contributed by atoms with van der Waals surface area (Å²) in [5.41, 5.74) is 2.09. The van der Waals surface area contributed by atoms with Crippen molar-refractivity contribution in [3.8, 4) is 0 Å². The van der Waals surface area contributed by atoms with E-state index in [0.717, 1.165) is 73.8 Å². The summed E-state index contributed by atoms with van der Waals surface area (Å²) in [5, 5.41) is 19.5. The van der Waals surface area contributed by atoms with Crippen LogP contribution in [0.2, 0.25) is 0 Å². The zero-order chi connectivity index (χ0) is 22.4. The Bertz CT molecular complexity index is 847. The van der Waals surface area contributed by atoms with Gasteiger partial charge >= 0.3 is 5.97 Å². The van der Waals surface area contributed by atoms with Crippen LogP contribution < -0.4 is 0 Å². The van der Waals surface area contributed by atoms with Gasteiger partial charge in [0.15, 0.2) is 0 Å². The Labute approximate surface area is 199 Å². The fourth-order valence-electron chi connectivity index (χ4n) is 4.72. The number of aryl methyl sites for hydroxylation is 1. The second-order valence-electron chi connectivity index (χ2n) is 8.68. The van der Waals surface area contributed by atoms with Crippen LogP contribution in [-0.4, -0.2) is 20.5 Å². The second kappa shape index (κ2) is 11.2.